The van der Waals surface area contributed by atoms with Gasteiger partial charge in [-0.25, -0.2) is 0 Å². The smallest absolute Gasteiger partial charge is 0.115 e. The third-order valence-corrected chi connectivity index (χ3v) is 3.39. The number of rotatable bonds is 6. The van der Waals surface area contributed by atoms with Crippen LogP contribution in [0.2, 0.25) is 0 Å². The van der Waals surface area contributed by atoms with Gasteiger partial charge >= 0.3 is 0 Å². The van der Waals surface area contributed by atoms with E-state index in [4.69, 9.17) is 4.74 Å². The second-order valence-corrected chi connectivity index (χ2v) is 4.67. The van der Waals surface area contributed by atoms with E-state index in [1.165, 1.54) is 30.2 Å². The lowest BCUT2D eigenvalue weighted by atomic mass is 9.87. The number of phenols is 1. The molecule has 2 rings (SSSR count). The van der Waals surface area contributed by atoms with Crippen LogP contribution < -0.4 is 5.32 Å². The molecule has 1 unspecified atom stereocenters. The lowest BCUT2D eigenvalue weighted by molar-refractivity contribution is 0.242. The second-order valence-electron chi connectivity index (χ2n) is 4.67. The zero-order valence-corrected chi connectivity index (χ0v) is 10.7. The van der Waals surface area contributed by atoms with Gasteiger partial charge in [-0.3, -0.25) is 0 Å². The van der Waals surface area contributed by atoms with Crippen LogP contribution >= 0.6 is 0 Å². The summed E-state index contributed by atoms with van der Waals surface area (Å²) in [4.78, 5) is 0. The average Bonchev–Trinajstić information content (AvgIpc) is 2.38. The normalized spacial score (nSPS) is 18.1. The zero-order chi connectivity index (χ0) is 12.8. The minimum Gasteiger partial charge on any atom is -0.508 e. The van der Waals surface area contributed by atoms with E-state index in [0.717, 1.165) is 19.4 Å². The molecule has 1 aliphatic carbocycles. The van der Waals surface area contributed by atoms with Crippen molar-refractivity contribution in [3.8, 4) is 5.75 Å². The largest absolute Gasteiger partial charge is 0.508 e. The van der Waals surface area contributed by atoms with Crippen LogP contribution in [0.25, 0.3) is 0 Å². The SMILES string of the molecule is C=COCCCNC1CCCc2cc(O)ccc21. The van der Waals surface area contributed by atoms with Crippen LogP contribution in [0, 0.1) is 0 Å². The van der Waals surface area contributed by atoms with Crippen molar-refractivity contribution in [2.45, 2.75) is 31.7 Å². The fourth-order valence-corrected chi connectivity index (χ4v) is 2.53. The van der Waals surface area contributed by atoms with Crippen LogP contribution in [0.5, 0.6) is 5.75 Å². The van der Waals surface area contributed by atoms with Crippen LogP contribution in [-0.2, 0) is 11.2 Å². The molecule has 0 spiro atoms. The Kier molecular flexibility index (Phi) is 4.65. The van der Waals surface area contributed by atoms with E-state index in [9.17, 15) is 5.11 Å². The molecular weight excluding hydrogens is 226 g/mol. The maximum absolute atomic E-state index is 9.50. The van der Waals surface area contributed by atoms with Crippen LogP contribution in [0.15, 0.2) is 31.0 Å². The summed E-state index contributed by atoms with van der Waals surface area (Å²) in [6, 6.07) is 6.13. The van der Waals surface area contributed by atoms with Crippen molar-refractivity contribution < 1.29 is 9.84 Å². The molecule has 0 bridgehead atoms. The van der Waals surface area contributed by atoms with Gasteiger partial charge in [0.05, 0.1) is 12.9 Å². The lowest BCUT2D eigenvalue weighted by Crippen LogP contribution is -2.26. The highest BCUT2D eigenvalue weighted by molar-refractivity contribution is 5.38. The highest BCUT2D eigenvalue weighted by atomic mass is 16.5. The first-order valence-electron chi connectivity index (χ1n) is 6.59. The molecule has 1 aliphatic rings. The minimum atomic E-state index is 0.369. The molecule has 0 fully saturated rings. The topological polar surface area (TPSA) is 41.5 Å². The van der Waals surface area contributed by atoms with Gasteiger partial charge in [-0.15, -0.1) is 0 Å². The number of nitrogens with one attached hydrogen (secondary N) is 1. The van der Waals surface area contributed by atoms with Gasteiger partial charge in [-0.05, 0) is 55.5 Å². The monoisotopic (exact) mass is 247 g/mol. The number of phenolic OH excluding ortho intramolecular Hbond substituents is 1. The summed E-state index contributed by atoms with van der Waals surface area (Å²) in [5.41, 5.74) is 2.62. The predicted octanol–water partition coefficient (Wildman–Crippen LogP) is 2.91. The molecule has 0 aromatic heterocycles. The Balaban J connectivity index is 1.89. The predicted molar refractivity (Wildman–Crippen MR) is 72.6 cm³/mol. The summed E-state index contributed by atoms with van der Waals surface area (Å²) >= 11 is 0. The molecule has 0 saturated heterocycles. The fraction of sp³-hybridized carbons (Fsp3) is 0.467. The van der Waals surface area contributed by atoms with E-state index in [1.54, 1.807) is 6.07 Å². The van der Waals surface area contributed by atoms with Crippen molar-refractivity contribution in [1.29, 1.82) is 0 Å². The first kappa shape index (κ1) is 13.0. The van der Waals surface area contributed by atoms with Crippen molar-refractivity contribution in [3.05, 3.63) is 42.2 Å². The number of ether oxygens (including phenoxy) is 1. The summed E-state index contributed by atoms with van der Waals surface area (Å²) < 4.78 is 5.10. The summed E-state index contributed by atoms with van der Waals surface area (Å²) in [5, 5.41) is 13.1. The molecule has 0 saturated carbocycles. The maximum Gasteiger partial charge on any atom is 0.115 e. The number of hydrogen-bond acceptors (Lipinski definition) is 3. The van der Waals surface area contributed by atoms with Crippen LogP contribution in [0.4, 0.5) is 0 Å². The number of fused-ring (bicyclic) bond motifs is 1. The fourth-order valence-electron chi connectivity index (χ4n) is 2.53. The van der Waals surface area contributed by atoms with Gasteiger partial charge in [0.15, 0.2) is 0 Å². The molecule has 1 atom stereocenters. The van der Waals surface area contributed by atoms with E-state index in [2.05, 4.69) is 11.9 Å². The van der Waals surface area contributed by atoms with E-state index in [1.807, 2.05) is 12.1 Å². The van der Waals surface area contributed by atoms with Gasteiger partial charge in [-0.1, -0.05) is 12.6 Å². The summed E-state index contributed by atoms with van der Waals surface area (Å²) in [6.45, 7) is 5.18. The molecule has 0 radical (unpaired) electrons. The van der Waals surface area contributed by atoms with Crippen molar-refractivity contribution >= 4 is 0 Å². The molecule has 2 N–H and O–H groups in total. The molecule has 0 aliphatic heterocycles. The van der Waals surface area contributed by atoms with Crippen molar-refractivity contribution in [2.24, 2.45) is 0 Å². The lowest BCUT2D eigenvalue weighted by Gasteiger charge is -2.26. The first-order valence-corrected chi connectivity index (χ1v) is 6.59. The Morgan fingerprint density at radius 2 is 2.39 bits per heavy atom. The average molecular weight is 247 g/mol. The summed E-state index contributed by atoms with van der Waals surface area (Å²) in [6.07, 6.45) is 5.88. The molecule has 1 aromatic rings. The third kappa shape index (κ3) is 3.26. The molecule has 1 aromatic carbocycles. The van der Waals surface area contributed by atoms with Gasteiger partial charge in [0, 0.05) is 6.04 Å². The molecular formula is C15H21NO2. The number of benzene rings is 1. The molecule has 0 amide bonds. The Labute approximate surface area is 108 Å². The maximum atomic E-state index is 9.50. The Bertz CT molecular complexity index is 403. The van der Waals surface area contributed by atoms with Gasteiger partial charge in [0.2, 0.25) is 0 Å². The Hall–Kier alpha value is -1.48. The molecule has 18 heavy (non-hydrogen) atoms. The quantitative estimate of drug-likeness (QED) is 0.600. The Morgan fingerprint density at radius 1 is 1.50 bits per heavy atom. The molecule has 98 valence electrons. The number of aromatic hydroxyl groups is 1. The van der Waals surface area contributed by atoms with Gasteiger partial charge < -0.3 is 15.2 Å². The van der Waals surface area contributed by atoms with E-state index >= 15 is 0 Å². The summed E-state index contributed by atoms with van der Waals surface area (Å²) in [7, 11) is 0. The number of hydrogen-bond donors (Lipinski definition) is 2. The van der Waals surface area contributed by atoms with Crippen LogP contribution in [-0.4, -0.2) is 18.3 Å². The summed E-state index contributed by atoms with van der Waals surface area (Å²) in [5.74, 6) is 0.369. The van der Waals surface area contributed by atoms with Gasteiger partial charge in [0.1, 0.15) is 5.75 Å². The van der Waals surface area contributed by atoms with Crippen LogP contribution in [0.3, 0.4) is 0 Å². The molecule has 0 heterocycles. The zero-order valence-electron chi connectivity index (χ0n) is 10.7. The van der Waals surface area contributed by atoms with Gasteiger partial charge in [0.25, 0.3) is 0 Å². The molecule has 3 heteroatoms. The van der Waals surface area contributed by atoms with Crippen molar-refractivity contribution in [3.63, 3.8) is 0 Å². The highest BCUT2D eigenvalue weighted by Gasteiger charge is 2.19. The molecule has 3 nitrogen and oxygen atoms in total. The Morgan fingerprint density at radius 3 is 3.22 bits per heavy atom. The first-order chi connectivity index (χ1) is 8.81. The van der Waals surface area contributed by atoms with Crippen molar-refractivity contribution in [1.82, 2.24) is 5.32 Å². The number of aryl methyl sites for hydroxylation is 1. The van der Waals surface area contributed by atoms with Crippen LogP contribution in [0.1, 0.15) is 36.4 Å². The van der Waals surface area contributed by atoms with Gasteiger partial charge in [-0.2, -0.15) is 0 Å². The standard InChI is InChI=1S/C15H21NO2/c1-2-18-10-4-9-16-15-6-3-5-12-11-13(17)7-8-14(12)15/h2,7-8,11,15-17H,1,3-6,9-10H2. The van der Waals surface area contributed by atoms with E-state index in [-0.39, 0.29) is 0 Å². The minimum absolute atomic E-state index is 0.369. The van der Waals surface area contributed by atoms with E-state index < -0.39 is 0 Å². The third-order valence-electron chi connectivity index (χ3n) is 3.39. The highest BCUT2D eigenvalue weighted by Crippen LogP contribution is 2.31. The van der Waals surface area contributed by atoms with Crippen molar-refractivity contribution in [2.75, 3.05) is 13.2 Å². The van der Waals surface area contributed by atoms with E-state index in [0.29, 0.717) is 18.4 Å². The second kappa shape index (κ2) is 6.45.